The summed E-state index contributed by atoms with van der Waals surface area (Å²) in [5.74, 6) is -10.2. The van der Waals surface area contributed by atoms with Crippen LogP contribution in [0.4, 0.5) is 0 Å². The van der Waals surface area contributed by atoms with Crippen molar-refractivity contribution in [2.45, 2.75) is 130 Å². The molecule has 0 aromatic heterocycles. The fourth-order valence-electron chi connectivity index (χ4n) is 5.67. The number of unbranched alkanes of at least 4 members (excludes halogenated alkanes) is 1. The molecule has 0 aliphatic rings. The zero-order valence-electron chi connectivity index (χ0n) is 34.2. The Kier molecular flexibility index (Phi) is 20.8. The van der Waals surface area contributed by atoms with Gasteiger partial charge in [-0.25, -0.2) is 0 Å². The Morgan fingerprint density at radius 2 is 1.29 bits per heavy atom. The molecule has 0 aliphatic heterocycles. The predicted octanol–water partition coefficient (Wildman–Crippen LogP) is -0.246. The van der Waals surface area contributed by atoms with Gasteiger partial charge in [0.05, 0.1) is 25.4 Å². The van der Waals surface area contributed by atoms with Crippen LogP contribution in [0.15, 0.2) is 24.3 Å². The molecule has 58 heavy (non-hydrogen) atoms. The second kappa shape index (κ2) is 24.0. The number of Topliss-reactive ketones (excluding diaryl/α,β-unsaturated/α-hetero) is 1. The maximum absolute atomic E-state index is 14.0. The summed E-state index contributed by atoms with van der Waals surface area (Å²) < 4.78 is 0. The van der Waals surface area contributed by atoms with E-state index in [0.717, 1.165) is 5.56 Å². The van der Waals surface area contributed by atoms with Crippen LogP contribution in [0.3, 0.4) is 0 Å². The van der Waals surface area contributed by atoms with E-state index in [-0.39, 0.29) is 25.2 Å². The Balaban J connectivity index is 3.33. The van der Waals surface area contributed by atoms with Gasteiger partial charge in [-0.3, -0.25) is 47.9 Å². The topological polar surface area (TPSA) is 309 Å². The van der Waals surface area contributed by atoms with E-state index >= 15 is 0 Å². The van der Waals surface area contributed by atoms with Gasteiger partial charge in [0.15, 0.2) is 0 Å². The minimum atomic E-state index is -1.64. The molecule has 0 saturated heterocycles. The van der Waals surface area contributed by atoms with Crippen molar-refractivity contribution < 1.29 is 58.2 Å². The Morgan fingerprint density at radius 3 is 1.83 bits per heavy atom. The molecule has 0 heterocycles. The van der Waals surface area contributed by atoms with Crippen LogP contribution >= 0.6 is 0 Å². The van der Waals surface area contributed by atoms with E-state index in [1.54, 1.807) is 52.0 Å². The average molecular weight is 818 g/mol. The SMILES string of the molecule is CCCCC(NC(=O)[C@H](CC(C)C)NC(=O)[C@@H](NC(=O)[C@H](Cc1ccccc1C)NC(=O)CNC(=O)[C@H](CC(=O)O)NC(=O)CCC(=O)O)C(C)(C)C)C(=O)C(N)=O. The lowest BCUT2D eigenvalue weighted by Gasteiger charge is -2.33. The van der Waals surface area contributed by atoms with E-state index in [1.165, 1.54) is 0 Å². The largest absolute Gasteiger partial charge is 0.481 e. The molecule has 1 unspecified atom stereocenters. The third-order valence-corrected chi connectivity index (χ3v) is 8.83. The van der Waals surface area contributed by atoms with E-state index in [0.29, 0.717) is 18.4 Å². The number of hydrogen-bond donors (Lipinski definition) is 9. The highest BCUT2D eigenvalue weighted by molar-refractivity contribution is 6.37. The molecule has 19 nitrogen and oxygen atoms in total. The van der Waals surface area contributed by atoms with Crippen LogP contribution in [0, 0.1) is 18.3 Å². The number of aryl methyl sites for hydroxylation is 1. The quantitative estimate of drug-likeness (QED) is 0.0578. The Hall–Kier alpha value is -5.88. The number of carbonyl (C=O) groups excluding carboxylic acids is 8. The number of aliphatic carboxylic acids is 2. The molecule has 5 atom stereocenters. The normalized spacial score (nSPS) is 13.7. The standard InChI is InChI=1S/C39H59N7O12/c1-8-9-14-24(32(53)34(40)54)44-36(56)25(17-21(2)3)45-38(58)33(39(5,6)7)46-37(57)26(18-23-13-11-10-12-22(23)4)43-29(48)20-41-35(55)27(19-31(51)52)42-28(47)15-16-30(49)50/h10-13,21,24-27,33H,8-9,14-20H2,1-7H3,(H2,40,54)(H,41,55)(H,42,47)(H,43,48)(H,44,56)(H,45,58)(H,46,57)(H,49,50)(H,51,52)/t24?,25-,26-,27-,33+/m0/s1. The minimum Gasteiger partial charge on any atom is -0.481 e. The highest BCUT2D eigenvalue weighted by Crippen LogP contribution is 2.21. The van der Waals surface area contributed by atoms with Gasteiger partial charge in [-0.05, 0) is 42.2 Å². The summed E-state index contributed by atoms with van der Waals surface area (Å²) in [5, 5.41) is 32.9. The number of carboxylic acids is 2. The van der Waals surface area contributed by atoms with Gasteiger partial charge in [0.2, 0.25) is 41.2 Å². The smallest absolute Gasteiger partial charge is 0.305 e. The lowest BCUT2D eigenvalue weighted by Crippen LogP contribution is -2.61. The van der Waals surface area contributed by atoms with Gasteiger partial charge in [-0.15, -0.1) is 0 Å². The molecule has 0 saturated carbocycles. The van der Waals surface area contributed by atoms with Crippen LogP contribution in [0.5, 0.6) is 0 Å². The number of nitrogens with one attached hydrogen (secondary N) is 6. The molecule has 322 valence electrons. The minimum absolute atomic E-state index is 0.0661. The summed E-state index contributed by atoms with van der Waals surface area (Å²) >= 11 is 0. The van der Waals surface area contributed by atoms with Crippen molar-refractivity contribution in [3.8, 4) is 0 Å². The number of benzene rings is 1. The molecule has 7 amide bonds. The summed E-state index contributed by atoms with van der Waals surface area (Å²) in [4.78, 5) is 126. The van der Waals surface area contributed by atoms with E-state index in [9.17, 15) is 53.1 Å². The van der Waals surface area contributed by atoms with Gasteiger partial charge in [0, 0.05) is 12.8 Å². The van der Waals surface area contributed by atoms with Gasteiger partial charge in [0.25, 0.3) is 5.91 Å². The van der Waals surface area contributed by atoms with Crippen molar-refractivity contribution in [2.75, 3.05) is 6.54 Å². The number of primary amides is 1. The fraction of sp³-hybridized carbons (Fsp3) is 0.590. The molecule has 0 aliphatic carbocycles. The van der Waals surface area contributed by atoms with E-state index in [1.807, 2.05) is 20.8 Å². The number of carbonyl (C=O) groups is 10. The molecule has 0 bridgehead atoms. The number of amides is 7. The molecular weight excluding hydrogens is 758 g/mol. The van der Waals surface area contributed by atoms with Crippen LogP contribution in [0.1, 0.15) is 97.6 Å². The lowest BCUT2D eigenvalue weighted by atomic mass is 9.85. The van der Waals surface area contributed by atoms with E-state index in [4.69, 9.17) is 10.8 Å². The first-order valence-corrected chi connectivity index (χ1v) is 19.1. The van der Waals surface area contributed by atoms with Gasteiger partial charge >= 0.3 is 11.9 Å². The third-order valence-electron chi connectivity index (χ3n) is 8.83. The Morgan fingerprint density at radius 1 is 0.707 bits per heavy atom. The number of carboxylic acid groups (broad SMARTS) is 2. The maximum atomic E-state index is 14.0. The van der Waals surface area contributed by atoms with Crippen molar-refractivity contribution in [1.29, 1.82) is 0 Å². The van der Waals surface area contributed by atoms with Crippen molar-refractivity contribution in [3.05, 3.63) is 35.4 Å². The number of ketones is 1. The molecule has 0 radical (unpaired) electrons. The summed E-state index contributed by atoms with van der Waals surface area (Å²) in [5.41, 5.74) is 5.68. The second-order valence-electron chi connectivity index (χ2n) is 15.5. The number of nitrogens with two attached hydrogens (primary N) is 1. The van der Waals surface area contributed by atoms with Crippen LogP contribution < -0.4 is 37.6 Å². The number of hydrogen-bond acceptors (Lipinski definition) is 10. The molecule has 1 aromatic carbocycles. The first-order chi connectivity index (χ1) is 27.0. The molecule has 1 rings (SSSR count). The summed E-state index contributed by atoms with van der Waals surface area (Å²) in [6.45, 7) is 11.5. The van der Waals surface area contributed by atoms with Crippen molar-refractivity contribution >= 4 is 59.1 Å². The van der Waals surface area contributed by atoms with Crippen molar-refractivity contribution in [1.82, 2.24) is 31.9 Å². The lowest BCUT2D eigenvalue weighted by molar-refractivity contribution is -0.142. The first-order valence-electron chi connectivity index (χ1n) is 19.1. The zero-order chi connectivity index (χ0) is 44.3. The number of rotatable bonds is 25. The molecule has 0 spiro atoms. The molecule has 0 fully saturated rings. The van der Waals surface area contributed by atoms with E-state index < -0.39 is 121 Å². The highest BCUT2D eigenvalue weighted by Gasteiger charge is 2.38. The average Bonchev–Trinajstić information content (AvgIpc) is 3.12. The fourth-order valence-corrected chi connectivity index (χ4v) is 5.67. The first kappa shape index (κ1) is 50.1. The monoisotopic (exact) mass is 817 g/mol. The van der Waals surface area contributed by atoms with Gasteiger partial charge in [-0.2, -0.15) is 0 Å². The van der Waals surface area contributed by atoms with Gasteiger partial charge < -0.3 is 47.8 Å². The maximum Gasteiger partial charge on any atom is 0.305 e. The molecule has 1 aromatic rings. The molecule has 10 N–H and O–H groups in total. The van der Waals surface area contributed by atoms with Crippen LogP contribution in [0.2, 0.25) is 0 Å². The molecular formula is C39H59N7O12. The summed E-state index contributed by atoms with van der Waals surface area (Å²) in [7, 11) is 0. The predicted molar refractivity (Wildman–Crippen MR) is 209 cm³/mol. The summed E-state index contributed by atoms with van der Waals surface area (Å²) in [6, 6.07) is 0.369. The van der Waals surface area contributed by atoms with Gasteiger partial charge in [-0.1, -0.05) is 78.6 Å². The van der Waals surface area contributed by atoms with Crippen molar-refractivity contribution in [2.24, 2.45) is 17.1 Å². The van der Waals surface area contributed by atoms with Crippen LogP contribution in [0.25, 0.3) is 0 Å². The zero-order valence-corrected chi connectivity index (χ0v) is 34.2. The Bertz CT molecular complexity index is 1670. The van der Waals surface area contributed by atoms with Gasteiger partial charge in [0.1, 0.15) is 24.2 Å². The van der Waals surface area contributed by atoms with Crippen LogP contribution in [-0.2, 0) is 54.4 Å². The van der Waals surface area contributed by atoms with E-state index in [2.05, 4.69) is 31.9 Å². The summed E-state index contributed by atoms with van der Waals surface area (Å²) in [6.07, 6.45) is -0.563. The van der Waals surface area contributed by atoms with Crippen LogP contribution in [-0.4, -0.2) is 106 Å². The van der Waals surface area contributed by atoms with Crippen molar-refractivity contribution in [3.63, 3.8) is 0 Å². The molecule has 19 heteroatoms. The Labute approximate surface area is 337 Å². The third kappa shape index (κ3) is 18.4. The second-order valence-corrected chi connectivity index (χ2v) is 15.5. The highest BCUT2D eigenvalue weighted by atomic mass is 16.4.